The van der Waals surface area contributed by atoms with Gasteiger partial charge in [0.05, 0.1) is 13.7 Å². The van der Waals surface area contributed by atoms with Crippen molar-refractivity contribution in [2.75, 3.05) is 13.7 Å². The van der Waals surface area contributed by atoms with E-state index in [9.17, 15) is 0 Å². The zero-order valence-electron chi connectivity index (χ0n) is 17.3. The SMILES string of the molecule is COc1cccc2c(CCc3ccccc3)cc(C3CCOc4ccccc43)cc12. The quantitative estimate of drug-likeness (QED) is 0.382. The third-order valence-corrected chi connectivity index (χ3v) is 6.17. The molecule has 1 heterocycles. The van der Waals surface area contributed by atoms with Crippen LogP contribution in [0.2, 0.25) is 0 Å². The molecule has 2 nitrogen and oxygen atoms in total. The first-order chi connectivity index (χ1) is 14.8. The molecule has 4 aromatic carbocycles. The highest BCUT2D eigenvalue weighted by atomic mass is 16.5. The van der Waals surface area contributed by atoms with Crippen molar-refractivity contribution < 1.29 is 9.47 Å². The molecule has 0 bridgehead atoms. The Bertz CT molecular complexity index is 1160. The van der Waals surface area contributed by atoms with Gasteiger partial charge in [-0.05, 0) is 59.5 Å². The number of benzene rings is 4. The smallest absolute Gasteiger partial charge is 0.126 e. The van der Waals surface area contributed by atoms with E-state index in [1.54, 1.807) is 7.11 Å². The number of aryl methyl sites for hydroxylation is 2. The second kappa shape index (κ2) is 8.23. The first kappa shape index (κ1) is 18.7. The van der Waals surface area contributed by atoms with Gasteiger partial charge in [0, 0.05) is 16.9 Å². The highest BCUT2D eigenvalue weighted by Gasteiger charge is 2.24. The molecule has 4 aromatic rings. The van der Waals surface area contributed by atoms with Crippen LogP contribution in [-0.2, 0) is 12.8 Å². The number of hydrogen-bond donors (Lipinski definition) is 0. The van der Waals surface area contributed by atoms with Crippen molar-refractivity contribution in [3.05, 3.63) is 107 Å². The van der Waals surface area contributed by atoms with Crippen molar-refractivity contribution in [3.63, 3.8) is 0 Å². The van der Waals surface area contributed by atoms with Crippen molar-refractivity contribution in [1.82, 2.24) is 0 Å². The molecule has 1 atom stereocenters. The molecule has 0 saturated heterocycles. The van der Waals surface area contributed by atoms with Gasteiger partial charge in [-0.25, -0.2) is 0 Å². The molecule has 0 amide bonds. The second-order valence-electron chi connectivity index (χ2n) is 7.95. The Morgan fingerprint density at radius 1 is 0.833 bits per heavy atom. The molecule has 1 aliphatic heterocycles. The highest BCUT2D eigenvalue weighted by molar-refractivity contribution is 5.92. The summed E-state index contributed by atoms with van der Waals surface area (Å²) in [6.07, 6.45) is 3.03. The van der Waals surface area contributed by atoms with Crippen molar-refractivity contribution in [1.29, 1.82) is 0 Å². The Morgan fingerprint density at radius 2 is 1.67 bits per heavy atom. The van der Waals surface area contributed by atoms with E-state index < -0.39 is 0 Å². The van der Waals surface area contributed by atoms with Gasteiger partial charge in [0.25, 0.3) is 0 Å². The van der Waals surface area contributed by atoms with Crippen LogP contribution in [0.3, 0.4) is 0 Å². The number of hydrogen-bond acceptors (Lipinski definition) is 2. The zero-order valence-corrected chi connectivity index (χ0v) is 17.3. The predicted octanol–water partition coefficient (Wildman–Crippen LogP) is 6.55. The molecule has 0 fully saturated rings. The van der Waals surface area contributed by atoms with E-state index in [0.717, 1.165) is 37.4 Å². The summed E-state index contributed by atoms with van der Waals surface area (Å²) in [6.45, 7) is 0.755. The molecule has 0 N–H and O–H groups in total. The van der Waals surface area contributed by atoms with E-state index in [1.165, 1.54) is 33.0 Å². The molecule has 5 rings (SSSR count). The zero-order chi connectivity index (χ0) is 20.3. The minimum Gasteiger partial charge on any atom is -0.496 e. The Hall–Kier alpha value is -3.26. The van der Waals surface area contributed by atoms with E-state index in [0.29, 0.717) is 5.92 Å². The molecule has 0 aliphatic carbocycles. The van der Waals surface area contributed by atoms with E-state index in [-0.39, 0.29) is 0 Å². The summed E-state index contributed by atoms with van der Waals surface area (Å²) in [5.74, 6) is 2.30. The summed E-state index contributed by atoms with van der Waals surface area (Å²) in [7, 11) is 1.76. The Kier molecular flexibility index (Phi) is 5.15. The molecule has 1 unspecified atom stereocenters. The molecule has 0 radical (unpaired) electrons. The molecule has 0 spiro atoms. The van der Waals surface area contributed by atoms with Crippen molar-refractivity contribution in [3.8, 4) is 11.5 Å². The maximum absolute atomic E-state index is 5.92. The van der Waals surface area contributed by atoms with Crippen LogP contribution in [0.15, 0.2) is 84.9 Å². The van der Waals surface area contributed by atoms with Crippen LogP contribution in [-0.4, -0.2) is 13.7 Å². The third kappa shape index (κ3) is 3.54. The van der Waals surface area contributed by atoms with Crippen molar-refractivity contribution >= 4 is 10.8 Å². The van der Waals surface area contributed by atoms with Crippen LogP contribution in [0.4, 0.5) is 0 Å². The molecule has 0 saturated carbocycles. The molecule has 150 valence electrons. The number of fused-ring (bicyclic) bond motifs is 2. The topological polar surface area (TPSA) is 18.5 Å². The molecular formula is C28H26O2. The maximum atomic E-state index is 5.92. The normalized spacial score (nSPS) is 15.4. The third-order valence-electron chi connectivity index (χ3n) is 6.17. The van der Waals surface area contributed by atoms with Crippen LogP contribution in [0, 0.1) is 0 Å². The monoisotopic (exact) mass is 394 g/mol. The fraction of sp³-hybridized carbons (Fsp3) is 0.214. The lowest BCUT2D eigenvalue weighted by Crippen LogP contribution is -2.15. The minimum absolute atomic E-state index is 0.347. The van der Waals surface area contributed by atoms with E-state index in [4.69, 9.17) is 9.47 Å². The lowest BCUT2D eigenvalue weighted by atomic mass is 9.84. The summed E-state index contributed by atoms with van der Waals surface area (Å²) < 4.78 is 11.7. The van der Waals surface area contributed by atoms with Gasteiger partial charge in [0.1, 0.15) is 11.5 Å². The Morgan fingerprint density at radius 3 is 2.53 bits per heavy atom. The first-order valence-corrected chi connectivity index (χ1v) is 10.7. The van der Waals surface area contributed by atoms with Gasteiger partial charge in [-0.1, -0.05) is 66.7 Å². The van der Waals surface area contributed by atoms with Gasteiger partial charge in [-0.3, -0.25) is 0 Å². The standard InChI is InChI=1S/C28H26O2/c1-29-27-13-7-11-23-21(15-14-20-8-3-2-4-9-20)18-22(19-26(23)27)24-16-17-30-28-12-6-5-10-25(24)28/h2-13,18-19,24H,14-17H2,1H3. The van der Waals surface area contributed by atoms with Crippen LogP contribution in [0.5, 0.6) is 11.5 Å². The summed E-state index contributed by atoms with van der Waals surface area (Å²) in [5.41, 5.74) is 5.39. The number of ether oxygens (including phenoxy) is 2. The molecular weight excluding hydrogens is 368 g/mol. The molecule has 30 heavy (non-hydrogen) atoms. The maximum Gasteiger partial charge on any atom is 0.126 e. The predicted molar refractivity (Wildman–Crippen MR) is 123 cm³/mol. The van der Waals surface area contributed by atoms with Crippen LogP contribution in [0.25, 0.3) is 10.8 Å². The van der Waals surface area contributed by atoms with E-state index in [1.807, 2.05) is 0 Å². The van der Waals surface area contributed by atoms with Gasteiger partial charge in [0.15, 0.2) is 0 Å². The second-order valence-corrected chi connectivity index (χ2v) is 7.95. The van der Waals surface area contributed by atoms with Gasteiger partial charge >= 0.3 is 0 Å². The van der Waals surface area contributed by atoms with Crippen LogP contribution < -0.4 is 9.47 Å². The number of para-hydroxylation sites is 1. The molecule has 1 aliphatic rings. The average Bonchev–Trinajstić information content (AvgIpc) is 2.82. The fourth-order valence-corrected chi connectivity index (χ4v) is 4.66. The van der Waals surface area contributed by atoms with Crippen molar-refractivity contribution in [2.45, 2.75) is 25.2 Å². The minimum atomic E-state index is 0.347. The molecule has 2 heteroatoms. The van der Waals surface area contributed by atoms with Gasteiger partial charge in [-0.2, -0.15) is 0 Å². The van der Waals surface area contributed by atoms with Gasteiger partial charge in [-0.15, -0.1) is 0 Å². The van der Waals surface area contributed by atoms with Crippen molar-refractivity contribution in [2.24, 2.45) is 0 Å². The average molecular weight is 395 g/mol. The van der Waals surface area contributed by atoms with E-state index >= 15 is 0 Å². The van der Waals surface area contributed by atoms with E-state index in [2.05, 4.69) is 84.9 Å². The Labute approximate surface area is 178 Å². The largest absolute Gasteiger partial charge is 0.496 e. The summed E-state index contributed by atoms with van der Waals surface area (Å²) in [5, 5.41) is 2.49. The summed E-state index contributed by atoms with van der Waals surface area (Å²) >= 11 is 0. The first-order valence-electron chi connectivity index (χ1n) is 10.7. The van der Waals surface area contributed by atoms with Crippen LogP contribution in [0.1, 0.15) is 34.6 Å². The molecule has 0 aromatic heterocycles. The number of methoxy groups -OCH3 is 1. The lowest BCUT2D eigenvalue weighted by molar-refractivity contribution is 0.277. The van der Waals surface area contributed by atoms with Crippen LogP contribution >= 0.6 is 0 Å². The van der Waals surface area contributed by atoms with Gasteiger partial charge < -0.3 is 9.47 Å². The highest BCUT2D eigenvalue weighted by Crippen LogP contribution is 2.41. The lowest BCUT2D eigenvalue weighted by Gasteiger charge is -2.27. The number of rotatable bonds is 5. The Balaban J connectivity index is 1.61. The summed E-state index contributed by atoms with van der Waals surface area (Å²) in [6, 6.07) is 30.3. The van der Waals surface area contributed by atoms with Gasteiger partial charge in [0.2, 0.25) is 0 Å². The summed E-state index contributed by atoms with van der Waals surface area (Å²) in [4.78, 5) is 0. The fourth-order valence-electron chi connectivity index (χ4n) is 4.66.